The van der Waals surface area contributed by atoms with Crippen LogP contribution < -0.4 is 11.3 Å². The topological polar surface area (TPSA) is 38.0 Å². The van der Waals surface area contributed by atoms with Crippen LogP contribution in [0.5, 0.6) is 0 Å². The van der Waals surface area contributed by atoms with Crippen LogP contribution in [0, 0.1) is 5.82 Å². The van der Waals surface area contributed by atoms with E-state index in [9.17, 15) is 4.39 Å². The van der Waals surface area contributed by atoms with E-state index < -0.39 is 5.82 Å². The summed E-state index contributed by atoms with van der Waals surface area (Å²) in [5.41, 5.74) is 4.20. The molecule has 0 aliphatic rings. The Morgan fingerprint density at radius 3 is 2.65 bits per heavy atom. The minimum Gasteiger partial charge on any atom is -0.271 e. The van der Waals surface area contributed by atoms with Gasteiger partial charge in [-0.2, -0.15) is 0 Å². The molecule has 2 aromatic rings. The summed E-state index contributed by atoms with van der Waals surface area (Å²) in [4.78, 5) is 0. The fourth-order valence-electron chi connectivity index (χ4n) is 1.97. The maximum atomic E-state index is 14.0. The Morgan fingerprint density at radius 1 is 1.25 bits per heavy atom. The number of nitrogens with one attached hydrogen (secondary N) is 1. The van der Waals surface area contributed by atoms with E-state index in [0.717, 1.165) is 14.5 Å². The molecule has 0 aromatic heterocycles. The van der Waals surface area contributed by atoms with Crippen molar-refractivity contribution in [3.63, 3.8) is 0 Å². The van der Waals surface area contributed by atoms with E-state index >= 15 is 0 Å². The molecule has 106 valence electrons. The maximum Gasteiger partial charge on any atom is 0.145 e. The molecule has 1 unspecified atom stereocenters. The summed E-state index contributed by atoms with van der Waals surface area (Å²) in [5, 5.41) is 0.119. The summed E-state index contributed by atoms with van der Waals surface area (Å²) in [5.74, 6) is 5.21. The average molecular weight is 423 g/mol. The average Bonchev–Trinajstić information content (AvgIpc) is 2.41. The van der Waals surface area contributed by atoms with Crippen LogP contribution in [0.1, 0.15) is 17.2 Å². The van der Waals surface area contributed by atoms with Crippen molar-refractivity contribution in [2.75, 3.05) is 0 Å². The molecule has 0 spiro atoms. The van der Waals surface area contributed by atoms with E-state index in [0.29, 0.717) is 12.0 Å². The van der Waals surface area contributed by atoms with E-state index in [-0.39, 0.29) is 11.1 Å². The lowest BCUT2D eigenvalue weighted by atomic mass is 9.99. The van der Waals surface area contributed by atoms with Crippen molar-refractivity contribution in [2.24, 2.45) is 5.84 Å². The normalized spacial score (nSPS) is 12.4. The molecule has 20 heavy (non-hydrogen) atoms. The minimum atomic E-state index is -0.400. The number of nitrogens with two attached hydrogens (primary N) is 1. The van der Waals surface area contributed by atoms with Crippen LogP contribution in [0.15, 0.2) is 45.3 Å². The summed E-state index contributed by atoms with van der Waals surface area (Å²) in [6, 6.07) is 10.5. The zero-order valence-electron chi connectivity index (χ0n) is 10.3. The molecule has 0 saturated heterocycles. The predicted molar refractivity (Wildman–Crippen MR) is 87.0 cm³/mol. The van der Waals surface area contributed by atoms with Gasteiger partial charge in [0.05, 0.1) is 11.1 Å². The van der Waals surface area contributed by atoms with Crippen molar-refractivity contribution in [3.8, 4) is 0 Å². The van der Waals surface area contributed by atoms with Gasteiger partial charge in [-0.3, -0.25) is 11.3 Å². The molecule has 0 bridgehead atoms. The molecule has 2 aromatic carbocycles. The minimum absolute atomic E-state index is 0.119. The molecular formula is C14H12Br2ClFN2. The maximum absolute atomic E-state index is 14.0. The van der Waals surface area contributed by atoms with Crippen LogP contribution in [-0.4, -0.2) is 0 Å². The summed E-state index contributed by atoms with van der Waals surface area (Å²) in [6.45, 7) is 0. The highest BCUT2D eigenvalue weighted by Crippen LogP contribution is 2.30. The summed E-state index contributed by atoms with van der Waals surface area (Å²) in [6.07, 6.45) is 0.406. The van der Waals surface area contributed by atoms with E-state index in [1.54, 1.807) is 12.1 Å². The van der Waals surface area contributed by atoms with Crippen molar-refractivity contribution < 1.29 is 4.39 Å². The Labute approximate surface area is 138 Å². The summed E-state index contributed by atoms with van der Waals surface area (Å²) >= 11 is 12.7. The third kappa shape index (κ3) is 3.59. The van der Waals surface area contributed by atoms with Gasteiger partial charge in [0.2, 0.25) is 0 Å². The first-order valence-corrected chi connectivity index (χ1v) is 7.83. The summed E-state index contributed by atoms with van der Waals surface area (Å²) in [7, 11) is 0. The van der Waals surface area contributed by atoms with Gasteiger partial charge in [-0.05, 0) is 35.7 Å². The van der Waals surface area contributed by atoms with Gasteiger partial charge in [0.1, 0.15) is 5.82 Å². The quantitative estimate of drug-likeness (QED) is 0.551. The van der Waals surface area contributed by atoms with E-state index in [1.807, 2.05) is 18.2 Å². The SMILES string of the molecule is NNC(Cc1cccc(Cl)c1F)c1ccc(Br)cc1Br. The van der Waals surface area contributed by atoms with Gasteiger partial charge in [0.15, 0.2) is 0 Å². The smallest absolute Gasteiger partial charge is 0.145 e. The second-order valence-corrected chi connectivity index (χ2v) is 6.48. The monoisotopic (exact) mass is 420 g/mol. The second kappa shape index (κ2) is 7.00. The molecule has 0 aliphatic heterocycles. The third-order valence-corrected chi connectivity index (χ3v) is 4.47. The Bertz CT molecular complexity index is 622. The van der Waals surface area contributed by atoms with Crippen LogP contribution >= 0.6 is 43.5 Å². The van der Waals surface area contributed by atoms with E-state index in [2.05, 4.69) is 37.3 Å². The molecule has 0 heterocycles. The highest BCUT2D eigenvalue weighted by molar-refractivity contribution is 9.11. The number of hydrazine groups is 1. The number of halogens is 4. The van der Waals surface area contributed by atoms with Crippen molar-refractivity contribution in [1.82, 2.24) is 5.43 Å². The van der Waals surface area contributed by atoms with Gasteiger partial charge in [0, 0.05) is 8.95 Å². The lowest BCUT2D eigenvalue weighted by Crippen LogP contribution is -2.30. The Balaban J connectivity index is 2.31. The van der Waals surface area contributed by atoms with Gasteiger partial charge in [0.25, 0.3) is 0 Å². The number of rotatable bonds is 4. The predicted octanol–water partition coefficient (Wildman–Crippen LogP) is 4.75. The van der Waals surface area contributed by atoms with Crippen LogP contribution in [0.4, 0.5) is 4.39 Å². The second-order valence-electron chi connectivity index (χ2n) is 4.30. The molecule has 1 atom stereocenters. The molecule has 0 amide bonds. The van der Waals surface area contributed by atoms with Crippen molar-refractivity contribution >= 4 is 43.5 Å². The third-order valence-electron chi connectivity index (χ3n) is 2.99. The Kier molecular flexibility index (Phi) is 5.57. The first kappa shape index (κ1) is 15.9. The molecule has 0 radical (unpaired) electrons. The van der Waals surface area contributed by atoms with Gasteiger partial charge in [-0.15, -0.1) is 0 Å². The van der Waals surface area contributed by atoms with Gasteiger partial charge < -0.3 is 0 Å². The first-order valence-electron chi connectivity index (χ1n) is 5.87. The van der Waals surface area contributed by atoms with Crippen LogP contribution in [0.3, 0.4) is 0 Å². The van der Waals surface area contributed by atoms with Gasteiger partial charge in [-0.1, -0.05) is 61.7 Å². The number of hydrogen-bond acceptors (Lipinski definition) is 2. The molecule has 3 N–H and O–H groups in total. The van der Waals surface area contributed by atoms with Crippen molar-refractivity contribution in [3.05, 3.63) is 67.3 Å². The fraction of sp³-hybridized carbons (Fsp3) is 0.143. The van der Waals surface area contributed by atoms with Gasteiger partial charge in [-0.25, -0.2) is 4.39 Å². The van der Waals surface area contributed by atoms with Gasteiger partial charge >= 0.3 is 0 Å². The lowest BCUT2D eigenvalue weighted by molar-refractivity contribution is 0.528. The molecule has 6 heteroatoms. The molecular weight excluding hydrogens is 410 g/mol. The standard InChI is InChI=1S/C14H12Br2ClFN2/c15-9-4-5-10(11(16)7-9)13(20-19)6-8-2-1-3-12(17)14(8)18/h1-5,7,13,20H,6,19H2. The molecule has 0 fully saturated rings. The first-order chi connectivity index (χ1) is 9.52. The molecule has 0 aliphatic carbocycles. The van der Waals surface area contributed by atoms with Crippen molar-refractivity contribution in [1.29, 1.82) is 0 Å². The largest absolute Gasteiger partial charge is 0.271 e. The van der Waals surface area contributed by atoms with E-state index in [1.165, 1.54) is 6.07 Å². The zero-order valence-corrected chi connectivity index (χ0v) is 14.3. The molecule has 2 nitrogen and oxygen atoms in total. The zero-order chi connectivity index (χ0) is 14.7. The van der Waals surface area contributed by atoms with Crippen LogP contribution in [0.25, 0.3) is 0 Å². The highest BCUT2D eigenvalue weighted by atomic mass is 79.9. The summed E-state index contributed by atoms with van der Waals surface area (Å²) < 4.78 is 15.8. The van der Waals surface area contributed by atoms with E-state index in [4.69, 9.17) is 17.4 Å². The fourth-order valence-corrected chi connectivity index (χ4v) is 3.49. The molecule has 2 rings (SSSR count). The van der Waals surface area contributed by atoms with Crippen LogP contribution in [0.2, 0.25) is 5.02 Å². The Hall–Kier alpha value is -0.460. The highest BCUT2D eigenvalue weighted by Gasteiger charge is 2.17. The number of hydrogen-bond donors (Lipinski definition) is 2. The van der Waals surface area contributed by atoms with Crippen molar-refractivity contribution in [2.45, 2.75) is 12.5 Å². The Morgan fingerprint density at radius 2 is 2.00 bits per heavy atom. The number of benzene rings is 2. The lowest BCUT2D eigenvalue weighted by Gasteiger charge is -2.18. The molecule has 0 saturated carbocycles. The van der Waals surface area contributed by atoms with Crippen LogP contribution in [-0.2, 0) is 6.42 Å².